The normalized spacial score (nSPS) is 26.5. The van der Waals surface area contributed by atoms with Gasteiger partial charge in [-0.2, -0.15) is 0 Å². The number of benzene rings is 1. The third kappa shape index (κ3) is 1.79. The van der Waals surface area contributed by atoms with Crippen LogP contribution in [0.2, 0.25) is 0 Å². The quantitative estimate of drug-likeness (QED) is 0.810. The topological polar surface area (TPSA) is 67.5 Å². The molecule has 94 valence electrons. The molecule has 2 heterocycles. The summed E-state index contributed by atoms with van der Waals surface area (Å²) < 4.78 is 0. The molecular weight excluding hydrogens is 246 g/mol. The van der Waals surface area contributed by atoms with E-state index >= 15 is 0 Å². The Balaban J connectivity index is 2.11. The van der Waals surface area contributed by atoms with Crippen LogP contribution < -0.4 is 11.1 Å². The number of anilines is 1. The molecular formula is C13H15N3OS. The summed E-state index contributed by atoms with van der Waals surface area (Å²) in [5.41, 5.74) is 8.68. The molecule has 0 aromatic heterocycles. The molecule has 1 unspecified atom stereocenters. The molecule has 0 aliphatic carbocycles. The molecule has 4 nitrogen and oxygen atoms in total. The van der Waals surface area contributed by atoms with Crippen molar-refractivity contribution in [2.24, 2.45) is 10.7 Å². The van der Waals surface area contributed by atoms with Gasteiger partial charge in [0.1, 0.15) is 0 Å². The Morgan fingerprint density at radius 2 is 2.33 bits per heavy atom. The number of rotatable bonds is 1. The zero-order valence-electron chi connectivity index (χ0n) is 10.2. The van der Waals surface area contributed by atoms with Crippen LogP contribution in [0.1, 0.15) is 24.5 Å². The number of nitrogens with zero attached hydrogens (tertiary/aromatic N) is 1. The average Bonchev–Trinajstić information content (AvgIpc) is 2.68. The fraction of sp³-hybridized carbons (Fsp3) is 0.385. The number of hydrogen-bond acceptors (Lipinski definition) is 4. The Bertz CT molecular complexity index is 555. The highest BCUT2D eigenvalue weighted by atomic mass is 32.2. The van der Waals surface area contributed by atoms with Crippen LogP contribution in [0.4, 0.5) is 5.69 Å². The fourth-order valence-corrected chi connectivity index (χ4v) is 3.61. The van der Waals surface area contributed by atoms with Crippen molar-refractivity contribution >= 4 is 28.5 Å². The third-order valence-electron chi connectivity index (χ3n) is 3.56. The van der Waals surface area contributed by atoms with Crippen molar-refractivity contribution in [2.75, 3.05) is 11.1 Å². The van der Waals surface area contributed by atoms with Gasteiger partial charge in [0.2, 0.25) is 5.91 Å². The summed E-state index contributed by atoms with van der Waals surface area (Å²) in [4.78, 5) is 16.1. The summed E-state index contributed by atoms with van der Waals surface area (Å²) in [6, 6.07) is 5.97. The first-order valence-electron chi connectivity index (χ1n) is 5.99. The van der Waals surface area contributed by atoms with Crippen molar-refractivity contribution in [3.8, 4) is 0 Å². The van der Waals surface area contributed by atoms with Crippen LogP contribution in [0.15, 0.2) is 23.2 Å². The van der Waals surface area contributed by atoms with Gasteiger partial charge in [-0.05, 0) is 30.5 Å². The van der Waals surface area contributed by atoms with Gasteiger partial charge < -0.3 is 11.1 Å². The minimum absolute atomic E-state index is 0.0585. The van der Waals surface area contributed by atoms with Gasteiger partial charge in [0.05, 0.1) is 12.0 Å². The van der Waals surface area contributed by atoms with Gasteiger partial charge in [0, 0.05) is 11.4 Å². The largest absolute Gasteiger partial charge is 0.379 e. The van der Waals surface area contributed by atoms with E-state index in [0.717, 1.165) is 29.0 Å². The number of thioether (sulfide) groups is 1. The monoisotopic (exact) mass is 261 g/mol. The zero-order valence-corrected chi connectivity index (χ0v) is 11.0. The van der Waals surface area contributed by atoms with Crippen molar-refractivity contribution in [3.05, 3.63) is 29.3 Å². The Kier molecular flexibility index (Phi) is 2.59. The van der Waals surface area contributed by atoms with Crippen LogP contribution in [0.5, 0.6) is 0 Å². The number of carbonyl (C=O) groups is 1. The number of hydrogen-bond donors (Lipinski definition) is 2. The minimum atomic E-state index is -0.299. The third-order valence-corrected chi connectivity index (χ3v) is 4.36. The second-order valence-electron chi connectivity index (χ2n) is 4.88. The number of amidine groups is 1. The zero-order chi connectivity index (χ0) is 12.8. The molecule has 2 aliphatic rings. The molecule has 0 spiro atoms. The van der Waals surface area contributed by atoms with E-state index in [0.29, 0.717) is 11.6 Å². The molecule has 5 heteroatoms. The number of nitrogens with two attached hydrogens (primary N) is 1. The predicted molar refractivity (Wildman–Crippen MR) is 74.8 cm³/mol. The molecule has 0 radical (unpaired) electrons. The molecule has 1 amide bonds. The van der Waals surface area contributed by atoms with E-state index < -0.39 is 0 Å². The summed E-state index contributed by atoms with van der Waals surface area (Å²) in [6.07, 6.45) is 1.40. The highest BCUT2D eigenvalue weighted by molar-refractivity contribution is 8.13. The molecule has 18 heavy (non-hydrogen) atoms. The molecule has 3 N–H and O–H groups in total. The first-order chi connectivity index (χ1) is 8.58. The Morgan fingerprint density at radius 3 is 3.11 bits per heavy atom. The van der Waals surface area contributed by atoms with Gasteiger partial charge >= 0.3 is 0 Å². The molecule has 2 aliphatic heterocycles. The van der Waals surface area contributed by atoms with E-state index in [2.05, 4.69) is 23.3 Å². The van der Waals surface area contributed by atoms with Crippen LogP contribution >= 0.6 is 11.8 Å². The second kappa shape index (κ2) is 4.02. The van der Waals surface area contributed by atoms with Crippen LogP contribution in [0.3, 0.4) is 0 Å². The molecule has 1 aromatic rings. The standard InChI is InChI=1S/C13H15N3OS/c1-13(5-6-18-12(14)16-13)9-3-2-4-10-8(9)7-11(17)15-10/h2-4H,5-7H2,1H3,(H2,14,16)(H,15,17). The van der Waals surface area contributed by atoms with Crippen molar-refractivity contribution in [3.63, 3.8) is 0 Å². The second-order valence-corrected chi connectivity index (χ2v) is 5.99. The number of aliphatic imine (C=N–C) groups is 1. The lowest BCUT2D eigenvalue weighted by atomic mass is 9.85. The van der Waals surface area contributed by atoms with Crippen molar-refractivity contribution < 1.29 is 4.79 Å². The number of amides is 1. The molecule has 3 rings (SSSR count). The fourth-order valence-electron chi connectivity index (χ4n) is 2.63. The van der Waals surface area contributed by atoms with Crippen molar-refractivity contribution in [1.82, 2.24) is 0 Å². The molecule has 1 atom stereocenters. The van der Waals surface area contributed by atoms with E-state index in [1.54, 1.807) is 11.8 Å². The van der Waals surface area contributed by atoms with E-state index in [-0.39, 0.29) is 11.4 Å². The first kappa shape index (κ1) is 11.6. The summed E-state index contributed by atoms with van der Waals surface area (Å²) >= 11 is 1.59. The highest BCUT2D eigenvalue weighted by Gasteiger charge is 2.34. The highest BCUT2D eigenvalue weighted by Crippen LogP contribution is 2.40. The van der Waals surface area contributed by atoms with Crippen LogP contribution in [0.25, 0.3) is 0 Å². The Morgan fingerprint density at radius 1 is 1.50 bits per heavy atom. The Labute approximate surface area is 110 Å². The first-order valence-corrected chi connectivity index (χ1v) is 6.97. The summed E-state index contributed by atoms with van der Waals surface area (Å²) in [5, 5.41) is 3.52. The van der Waals surface area contributed by atoms with E-state index in [9.17, 15) is 4.79 Å². The van der Waals surface area contributed by atoms with Crippen LogP contribution in [0, 0.1) is 0 Å². The molecule has 0 saturated heterocycles. The van der Waals surface area contributed by atoms with E-state index in [1.165, 1.54) is 0 Å². The molecule has 0 fully saturated rings. The van der Waals surface area contributed by atoms with Crippen molar-refractivity contribution in [1.29, 1.82) is 0 Å². The maximum Gasteiger partial charge on any atom is 0.228 e. The van der Waals surface area contributed by atoms with E-state index in [1.807, 2.05) is 12.1 Å². The van der Waals surface area contributed by atoms with Gasteiger partial charge in [-0.1, -0.05) is 23.9 Å². The Hall–Kier alpha value is -1.49. The van der Waals surface area contributed by atoms with Gasteiger partial charge in [-0.25, -0.2) is 0 Å². The molecule has 1 aromatic carbocycles. The van der Waals surface area contributed by atoms with Gasteiger partial charge in [0.15, 0.2) is 5.17 Å². The maximum atomic E-state index is 11.5. The lowest BCUT2D eigenvalue weighted by molar-refractivity contribution is -0.115. The summed E-state index contributed by atoms with van der Waals surface area (Å²) in [7, 11) is 0. The predicted octanol–water partition coefficient (Wildman–Crippen LogP) is 1.85. The summed E-state index contributed by atoms with van der Waals surface area (Å²) in [5.74, 6) is 1.03. The van der Waals surface area contributed by atoms with Gasteiger partial charge in [-0.3, -0.25) is 9.79 Å². The van der Waals surface area contributed by atoms with Gasteiger partial charge in [0.25, 0.3) is 0 Å². The molecule has 0 saturated carbocycles. The van der Waals surface area contributed by atoms with E-state index in [4.69, 9.17) is 5.73 Å². The van der Waals surface area contributed by atoms with Crippen molar-refractivity contribution in [2.45, 2.75) is 25.3 Å². The lowest BCUT2D eigenvalue weighted by Crippen LogP contribution is -2.29. The van der Waals surface area contributed by atoms with Gasteiger partial charge in [-0.15, -0.1) is 0 Å². The number of carbonyl (C=O) groups excluding carboxylic acids is 1. The average molecular weight is 261 g/mol. The minimum Gasteiger partial charge on any atom is -0.379 e. The SMILES string of the molecule is CC1(c2cccc3c2CC(=O)N3)CCSC(N)=N1. The number of fused-ring (bicyclic) bond motifs is 1. The maximum absolute atomic E-state index is 11.5. The summed E-state index contributed by atoms with van der Waals surface area (Å²) in [6.45, 7) is 2.10. The van der Waals surface area contributed by atoms with Crippen LogP contribution in [-0.2, 0) is 16.8 Å². The lowest BCUT2D eigenvalue weighted by Gasteiger charge is -2.31. The molecule has 0 bridgehead atoms. The number of nitrogens with one attached hydrogen (secondary N) is 1. The van der Waals surface area contributed by atoms with Crippen LogP contribution in [-0.4, -0.2) is 16.8 Å². The smallest absolute Gasteiger partial charge is 0.228 e.